The van der Waals surface area contributed by atoms with E-state index < -0.39 is 22.6 Å². The zero-order valence-electron chi connectivity index (χ0n) is 23.0. The number of unbranched alkanes of at least 4 members (excludes halogenated alkanes) is 3. The number of ether oxygens (including phenoxy) is 2. The van der Waals surface area contributed by atoms with Crippen LogP contribution in [-0.4, -0.2) is 82.1 Å². The lowest BCUT2D eigenvalue weighted by molar-refractivity contribution is -0.154. The highest BCUT2D eigenvalue weighted by Crippen LogP contribution is 2.68. The molecule has 218 valence electrons. The summed E-state index contributed by atoms with van der Waals surface area (Å²) in [5.41, 5.74) is 0.678. The van der Waals surface area contributed by atoms with Crippen molar-refractivity contribution in [1.82, 2.24) is 4.90 Å². The normalized spacial score (nSPS) is 28.3. The largest absolute Gasteiger partial charge is 0.497 e. The molecule has 0 radical (unpaired) electrons. The summed E-state index contributed by atoms with van der Waals surface area (Å²) in [5, 5.41) is 9.25. The van der Waals surface area contributed by atoms with Gasteiger partial charge in [0.05, 0.1) is 30.3 Å². The lowest BCUT2D eigenvalue weighted by Crippen LogP contribution is -2.55. The summed E-state index contributed by atoms with van der Waals surface area (Å²) >= 11 is 5.38. The lowest BCUT2D eigenvalue weighted by Gasteiger charge is -2.37. The Balaban J connectivity index is 1.67. The van der Waals surface area contributed by atoms with Crippen LogP contribution in [0.15, 0.2) is 49.6 Å². The van der Waals surface area contributed by atoms with E-state index in [0.29, 0.717) is 43.9 Å². The Morgan fingerprint density at radius 2 is 1.95 bits per heavy atom. The second-order valence-electron chi connectivity index (χ2n) is 10.5. The summed E-state index contributed by atoms with van der Waals surface area (Å²) < 4.78 is 10.2. The van der Waals surface area contributed by atoms with Crippen molar-refractivity contribution in [3.8, 4) is 5.75 Å². The highest BCUT2D eigenvalue weighted by atomic mass is 79.9. The highest BCUT2D eigenvalue weighted by Gasteiger charge is 2.76. The molecule has 3 saturated heterocycles. The summed E-state index contributed by atoms with van der Waals surface area (Å²) in [7, 11) is 1.59. The molecule has 40 heavy (non-hydrogen) atoms. The van der Waals surface area contributed by atoms with Crippen molar-refractivity contribution in [1.29, 1.82) is 0 Å². The molecule has 0 aromatic heterocycles. The Bertz CT molecular complexity index is 1100. The van der Waals surface area contributed by atoms with Gasteiger partial charge in [0.15, 0.2) is 0 Å². The van der Waals surface area contributed by atoms with Crippen molar-refractivity contribution >= 4 is 51.2 Å². The molecule has 2 bridgehead atoms. The summed E-state index contributed by atoms with van der Waals surface area (Å²) in [6.45, 7) is 8.50. The average molecular weight is 636 g/mol. The number of likely N-dealkylation sites (tertiary alicyclic amines) is 1. The van der Waals surface area contributed by atoms with E-state index in [1.807, 2.05) is 18.2 Å². The number of amides is 2. The maximum atomic E-state index is 14.5. The number of hydrogen-bond donors (Lipinski definition) is 1. The number of carbonyl (C=O) groups excluding carboxylic acids is 3. The number of halogens is 1. The molecule has 0 saturated carbocycles. The van der Waals surface area contributed by atoms with Gasteiger partial charge in [-0.05, 0) is 62.8 Å². The SMILES string of the molecule is C=CCCCCOC(=O)[C@H]1[C@H]2C(=O)N(CCCCO)C(C(=O)N(CC=C)c3ccc(OC)cc3)C23CC(Br)[C@@H]1S3. The summed E-state index contributed by atoms with van der Waals surface area (Å²) in [6, 6.07) is 6.47. The van der Waals surface area contributed by atoms with E-state index in [9.17, 15) is 19.5 Å². The lowest BCUT2D eigenvalue weighted by atomic mass is 9.71. The molecule has 0 aliphatic carbocycles. The van der Waals surface area contributed by atoms with E-state index >= 15 is 0 Å². The number of fused-ring (bicyclic) bond motifs is 1. The average Bonchev–Trinajstić information content (AvgIpc) is 3.55. The number of allylic oxidation sites excluding steroid dienone is 1. The van der Waals surface area contributed by atoms with E-state index in [0.717, 1.165) is 19.3 Å². The molecule has 1 spiro atoms. The number of esters is 1. The molecule has 3 aliphatic rings. The molecule has 8 nitrogen and oxygen atoms in total. The van der Waals surface area contributed by atoms with Gasteiger partial charge in [0.1, 0.15) is 11.8 Å². The Kier molecular flexibility index (Phi) is 10.4. The fourth-order valence-corrected chi connectivity index (χ4v) is 9.93. The van der Waals surface area contributed by atoms with Gasteiger partial charge < -0.3 is 24.4 Å². The second-order valence-corrected chi connectivity index (χ2v) is 13.2. The van der Waals surface area contributed by atoms with Crippen LogP contribution in [-0.2, 0) is 19.1 Å². The van der Waals surface area contributed by atoms with Gasteiger partial charge in [0, 0.05) is 35.5 Å². The zero-order chi connectivity index (χ0) is 28.9. The number of aliphatic hydroxyl groups excluding tert-OH is 1. The molecular weight excluding hydrogens is 596 g/mol. The Hall–Kier alpha value is -2.30. The van der Waals surface area contributed by atoms with Crippen LogP contribution < -0.4 is 9.64 Å². The first-order valence-corrected chi connectivity index (χ1v) is 15.7. The number of benzene rings is 1. The first kappa shape index (κ1) is 30.7. The van der Waals surface area contributed by atoms with Crippen LogP contribution in [0.2, 0.25) is 0 Å². The smallest absolute Gasteiger partial charge is 0.310 e. The number of nitrogens with zero attached hydrogens (tertiary/aromatic N) is 2. The van der Waals surface area contributed by atoms with Gasteiger partial charge in [0.2, 0.25) is 5.91 Å². The van der Waals surface area contributed by atoms with E-state index in [1.54, 1.807) is 46.9 Å². The molecule has 6 atom stereocenters. The molecule has 2 amide bonds. The van der Waals surface area contributed by atoms with Gasteiger partial charge in [-0.3, -0.25) is 14.4 Å². The minimum absolute atomic E-state index is 0.00472. The van der Waals surface area contributed by atoms with E-state index in [4.69, 9.17) is 9.47 Å². The number of anilines is 1. The van der Waals surface area contributed by atoms with E-state index in [1.165, 1.54) is 0 Å². The monoisotopic (exact) mass is 634 g/mol. The number of methoxy groups -OCH3 is 1. The van der Waals surface area contributed by atoms with Crippen molar-refractivity contribution in [3.63, 3.8) is 0 Å². The van der Waals surface area contributed by atoms with Crippen LogP contribution in [0.3, 0.4) is 0 Å². The molecule has 3 unspecified atom stereocenters. The van der Waals surface area contributed by atoms with Crippen molar-refractivity contribution in [2.75, 3.05) is 38.3 Å². The first-order valence-electron chi connectivity index (χ1n) is 13.9. The molecule has 1 aromatic rings. The van der Waals surface area contributed by atoms with Gasteiger partial charge in [0.25, 0.3) is 5.91 Å². The van der Waals surface area contributed by atoms with Crippen molar-refractivity contribution in [2.24, 2.45) is 11.8 Å². The number of carbonyl (C=O) groups is 3. The van der Waals surface area contributed by atoms with Crippen molar-refractivity contribution in [3.05, 3.63) is 49.6 Å². The molecular formula is C30H39BrN2O6S. The highest BCUT2D eigenvalue weighted by molar-refractivity contribution is 9.09. The molecule has 3 heterocycles. The van der Waals surface area contributed by atoms with Crippen LogP contribution in [0.25, 0.3) is 0 Å². The number of hydrogen-bond acceptors (Lipinski definition) is 7. The number of aliphatic hydroxyl groups is 1. The zero-order valence-corrected chi connectivity index (χ0v) is 25.4. The van der Waals surface area contributed by atoms with Crippen LogP contribution in [0.5, 0.6) is 5.75 Å². The van der Waals surface area contributed by atoms with Crippen LogP contribution in [0.4, 0.5) is 5.69 Å². The molecule has 3 fully saturated rings. The van der Waals surface area contributed by atoms with Gasteiger partial charge in [-0.25, -0.2) is 0 Å². The summed E-state index contributed by atoms with van der Waals surface area (Å²) in [5.74, 6) is -1.32. The van der Waals surface area contributed by atoms with Crippen LogP contribution >= 0.6 is 27.7 Å². The Morgan fingerprint density at radius 1 is 1.20 bits per heavy atom. The maximum absolute atomic E-state index is 14.5. The summed E-state index contributed by atoms with van der Waals surface area (Å²) in [6.07, 6.45) is 7.66. The fourth-order valence-electron chi connectivity index (χ4n) is 6.33. The minimum atomic E-state index is -0.759. The predicted octanol–water partition coefficient (Wildman–Crippen LogP) is 4.35. The topological polar surface area (TPSA) is 96.4 Å². The second kappa shape index (κ2) is 13.6. The van der Waals surface area contributed by atoms with Gasteiger partial charge in [-0.2, -0.15) is 0 Å². The third-order valence-electron chi connectivity index (χ3n) is 8.11. The van der Waals surface area contributed by atoms with Gasteiger partial charge in [-0.1, -0.05) is 28.1 Å². The third kappa shape index (κ3) is 5.72. The van der Waals surface area contributed by atoms with E-state index in [-0.39, 0.29) is 41.0 Å². The van der Waals surface area contributed by atoms with Crippen molar-refractivity contribution in [2.45, 2.75) is 59.4 Å². The fraction of sp³-hybridized carbons (Fsp3) is 0.567. The number of thioether (sulfide) groups is 1. The molecule has 3 aliphatic heterocycles. The van der Waals surface area contributed by atoms with Gasteiger partial charge in [-0.15, -0.1) is 24.9 Å². The molecule has 1 aromatic carbocycles. The molecule has 1 N–H and O–H groups in total. The first-order chi connectivity index (χ1) is 19.3. The summed E-state index contributed by atoms with van der Waals surface area (Å²) in [4.78, 5) is 45.4. The van der Waals surface area contributed by atoms with Crippen molar-refractivity contribution < 1.29 is 29.0 Å². The van der Waals surface area contributed by atoms with E-state index in [2.05, 4.69) is 29.1 Å². The maximum Gasteiger partial charge on any atom is 0.310 e. The number of rotatable bonds is 15. The quantitative estimate of drug-likeness (QED) is 0.133. The predicted molar refractivity (Wildman–Crippen MR) is 161 cm³/mol. The third-order valence-corrected chi connectivity index (χ3v) is 11.3. The Morgan fingerprint density at radius 3 is 2.60 bits per heavy atom. The van der Waals surface area contributed by atoms with Crippen LogP contribution in [0.1, 0.15) is 38.5 Å². The molecule has 4 rings (SSSR count). The standard InChI is InChI=1S/C30H39BrN2O6S/c1-4-6-7-10-18-39-29(37)23-24-27(35)33(16-8-9-17-34)26(30(24)19-22(31)25(23)40-30)28(36)32(15-5-2)20-11-13-21(38-3)14-12-20/h4-5,11-14,22-26,34H,1-2,6-10,15-19H2,3H3/t22?,23-,24-,25-,26?,30?/m0/s1. The Labute approximate surface area is 249 Å². The number of alkyl halides is 1. The minimum Gasteiger partial charge on any atom is -0.497 e. The van der Waals surface area contributed by atoms with Gasteiger partial charge >= 0.3 is 5.97 Å². The van der Waals surface area contributed by atoms with Crippen LogP contribution in [0, 0.1) is 11.8 Å². The molecule has 10 heteroatoms.